The molecule has 4 aromatic rings. The van der Waals surface area contributed by atoms with Crippen molar-refractivity contribution in [2.45, 2.75) is 13.8 Å². The first-order valence-electron chi connectivity index (χ1n) is 12.2. The number of piperazine rings is 1. The smallest absolute Gasteiger partial charge is 0.289 e. The molecule has 0 radical (unpaired) electrons. The summed E-state index contributed by atoms with van der Waals surface area (Å²) in [6, 6.07) is 20.8. The molecule has 0 bridgehead atoms. The van der Waals surface area contributed by atoms with E-state index in [-0.39, 0.29) is 18.4 Å². The first-order valence-corrected chi connectivity index (χ1v) is 12.6. The van der Waals surface area contributed by atoms with Gasteiger partial charge in [0.15, 0.2) is 12.4 Å². The van der Waals surface area contributed by atoms with E-state index in [9.17, 15) is 9.59 Å². The largest absolute Gasteiger partial charge is 0.484 e. The Kier molecular flexibility index (Phi) is 7.06. The number of nitrogens with zero attached hydrogens (tertiary/aromatic N) is 2. The highest BCUT2D eigenvalue weighted by Gasteiger charge is 2.24. The van der Waals surface area contributed by atoms with E-state index in [0.717, 1.165) is 27.8 Å². The highest BCUT2D eigenvalue weighted by Crippen LogP contribution is 2.26. The van der Waals surface area contributed by atoms with E-state index >= 15 is 0 Å². The number of anilines is 2. The van der Waals surface area contributed by atoms with Gasteiger partial charge >= 0.3 is 0 Å². The van der Waals surface area contributed by atoms with Crippen LogP contribution in [0, 0.1) is 13.8 Å². The predicted molar refractivity (Wildman–Crippen MR) is 146 cm³/mol. The second-order valence-corrected chi connectivity index (χ2v) is 9.56. The maximum absolute atomic E-state index is 12.9. The molecule has 1 fully saturated rings. The first kappa shape index (κ1) is 24.7. The van der Waals surface area contributed by atoms with Crippen molar-refractivity contribution in [3.8, 4) is 5.75 Å². The number of amides is 2. The van der Waals surface area contributed by atoms with Crippen LogP contribution in [0.3, 0.4) is 0 Å². The summed E-state index contributed by atoms with van der Waals surface area (Å²) in [6.07, 6.45) is 0. The van der Waals surface area contributed by atoms with Gasteiger partial charge in [0.25, 0.3) is 11.8 Å². The summed E-state index contributed by atoms with van der Waals surface area (Å²) in [5.41, 5.74) is 4.27. The zero-order valence-electron chi connectivity index (χ0n) is 20.8. The molecule has 190 valence electrons. The van der Waals surface area contributed by atoms with Crippen molar-refractivity contribution < 1.29 is 18.7 Å². The van der Waals surface area contributed by atoms with Crippen molar-refractivity contribution in [3.05, 3.63) is 88.6 Å². The number of carbonyl (C=O) groups is 2. The van der Waals surface area contributed by atoms with Crippen LogP contribution in [0.25, 0.3) is 11.0 Å². The van der Waals surface area contributed by atoms with Gasteiger partial charge in [-0.25, -0.2) is 0 Å². The fraction of sp³-hybridized carbons (Fsp3) is 0.241. The molecule has 0 unspecified atom stereocenters. The van der Waals surface area contributed by atoms with Crippen LogP contribution in [0.2, 0.25) is 5.02 Å². The Hall–Kier alpha value is -3.97. The Labute approximate surface area is 220 Å². The molecule has 1 aliphatic rings. The number of aryl methyl sites for hydroxylation is 2. The Bertz CT molecular complexity index is 1380. The van der Waals surface area contributed by atoms with Gasteiger partial charge in [-0.2, -0.15) is 0 Å². The van der Waals surface area contributed by atoms with Gasteiger partial charge in [0, 0.05) is 48.0 Å². The summed E-state index contributed by atoms with van der Waals surface area (Å²) >= 11 is 6.19. The molecule has 1 aliphatic heterocycles. The van der Waals surface area contributed by atoms with Crippen LogP contribution >= 0.6 is 11.6 Å². The summed E-state index contributed by atoms with van der Waals surface area (Å²) in [4.78, 5) is 29.3. The van der Waals surface area contributed by atoms with Crippen LogP contribution in [0.5, 0.6) is 5.75 Å². The minimum Gasteiger partial charge on any atom is -0.484 e. The number of halogens is 1. The average Bonchev–Trinajstić information content (AvgIpc) is 3.35. The van der Waals surface area contributed by atoms with Gasteiger partial charge in [-0.15, -0.1) is 0 Å². The van der Waals surface area contributed by atoms with E-state index in [1.54, 1.807) is 6.07 Å². The van der Waals surface area contributed by atoms with E-state index in [1.165, 1.54) is 0 Å². The van der Waals surface area contributed by atoms with Gasteiger partial charge in [0.1, 0.15) is 11.3 Å². The van der Waals surface area contributed by atoms with Crippen LogP contribution in [0.4, 0.5) is 11.4 Å². The summed E-state index contributed by atoms with van der Waals surface area (Å²) in [5.74, 6) is 0.665. The molecule has 1 saturated heterocycles. The minimum atomic E-state index is -0.240. The fourth-order valence-electron chi connectivity index (χ4n) is 4.50. The number of hydrogen-bond donors (Lipinski definition) is 1. The quantitative estimate of drug-likeness (QED) is 0.356. The zero-order chi connectivity index (χ0) is 25.9. The standard InChI is InChI=1S/C29H28ClN3O4/c1-19-15-24(16-20(2)28(19)30)36-18-27(34)31-22-7-9-23(10-8-22)32-11-13-33(14-12-32)29(35)26-17-21-5-3-4-6-25(21)37-26/h3-10,15-17H,11-14,18H2,1-2H3,(H,31,34). The van der Waals surface area contributed by atoms with Crippen molar-refractivity contribution in [1.82, 2.24) is 4.90 Å². The molecule has 0 spiro atoms. The summed E-state index contributed by atoms with van der Waals surface area (Å²) < 4.78 is 11.4. The van der Waals surface area contributed by atoms with Crippen LogP contribution in [-0.4, -0.2) is 49.5 Å². The first-order chi connectivity index (χ1) is 17.9. The lowest BCUT2D eigenvalue weighted by atomic mass is 10.1. The van der Waals surface area contributed by atoms with E-state index in [1.807, 2.05) is 79.4 Å². The van der Waals surface area contributed by atoms with Gasteiger partial charge in [-0.3, -0.25) is 9.59 Å². The highest BCUT2D eigenvalue weighted by atomic mass is 35.5. The van der Waals surface area contributed by atoms with Gasteiger partial charge in [0.2, 0.25) is 0 Å². The molecule has 7 nitrogen and oxygen atoms in total. The van der Waals surface area contributed by atoms with E-state index < -0.39 is 0 Å². The molecule has 0 atom stereocenters. The summed E-state index contributed by atoms with van der Waals surface area (Å²) in [6.45, 7) is 6.36. The number of rotatable bonds is 6. The van der Waals surface area contributed by atoms with Crippen molar-refractivity contribution >= 4 is 45.8 Å². The van der Waals surface area contributed by atoms with Crippen molar-refractivity contribution in [3.63, 3.8) is 0 Å². The maximum Gasteiger partial charge on any atom is 0.289 e. The number of benzene rings is 3. The number of furan rings is 1. The number of ether oxygens (including phenoxy) is 1. The van der Waals surface area contributed by atoms with Crippen LogP contribution in [-0.2, 0) is 4.79 Å². The predicted octanol–water partition coefficient (Wildman–Crippen LogP) is 5.68. The van der Waals surface area contributed by atoms with Crippen LogP contribution < -0.4 is 15.0 Å². The Morgan fingerprint density at radius 1 is 0.946 bits per heavy atom. The van der Waals surface area contributed by atoms with Crippen LogP contribution in [0.1, 0.15) is 21.7 Å². The molecule has 0 saturated carbocycles. The lowest BCUT2D eigenvalue weighted by Gasteiger charge is -2.35. The van der Waals surface area contributed by atoms with E-state index in [2.05, 4.69) is 10.2 Å². The van der Waals surface area contributed by atoms with Crippen LogP contribution in [0.15, 0.2) is 71.1 Å². The number of carbonyl (C=O) groups excluding carboxylic acids is 2. The fourth-order valence-corrected chi connectivity index (χ4v) is 4.61. The summed E-state index contributed by atoms with van der Waals surface area (Å²) in [5, 5.41) is 4.50. The third-order valence-corrected chi connectivity index (χ3v) is 7.10. The zero-order valence-corrected chi connectivity index (χ0v) is 21.5. The molecule has 3 aromatic carbocycles. The molecule has 8 heteroatoms. The molecule has 37 heavy (non-hydrogen) atoms. The van der Waals surface area contributed by atoms with E-state index in [0.29, 0.717) is 48.4 Å². The third-order valence-electron chi connectivity index (χ3n) is 6.50. The molecule has 2 heterocycles. The SMILES string of the molecule is Cc1cc(OCC(=O)Nc2ccc(N3CCN(C(=O)c4cc5ccccc5o4)CC3)cc2)cc(C)c1Cl. The second kappa shape index (κ2) is 10.6. The Morgan fingerprint density at radius 3 is 2.30 bits per heavy atom. The highest BCUT2D eigenvalue weighted by molar-refractivity contribution is 6.32. The monoisotopic (exact) mass is 517 g/mol. The molecular formula is C29H28ClN3O4. The van der Waals surface area contributed by atoms with Gasteiger partial charge in [-0.1, -0.05) is 29.8 Å². The maximum atomic E-state index is 12.9. The number of nitrogens with one attached hydrogen (secondary N) is 1. The third kappa shape index (κ3) is 5.57. The number of para-hydroxylation sites is 1. The number of fused-ring (bicyclic) bond motifs is 1. The lowest BCUT2D eigenvalue weighted by molar-refractivity contribution is -0.118. The van der Waals surface area contributed by atoms with Gasteiger partial charge in [-0.05, 0) is 73.5 Å². The molecule has 2 amide bonds. The molecule has 0 aliphatic carbocycles. The van der Waals surface area contributed by atoms with Gasteiger partial charge < -0.3 is 24.3 Å². The summed E-state index contributed by atoms with van der Waals surface area (Å²) in [7, 11) is 0. The molecular weight excluding hydrogens is 490 g/mol. The topological polar surface area (TPSA) is 75.0 Å². The second-order valence-electron chi connectivity index (χ2n) is 9.18. The van der Waals surface area contributed by atoms with Crippen molar-refractivity contribution in [2.75, 3.05) is 43.0 Å². The average molecular weight is 518 g/mol. The van der Waals surface area contributed by atoms with E-state index in [4.69, 9.17) is 20.8 Å². The number of hydrogen-bond acceptors (Lipinski definition) is 5. The van der Waals surface area contributed by atoms with Crippen molar-refractivity contribution in [2.24, 2.45) is 0 Å². The lowest BCUT2D eigenvalue weighted by Crippen LogP contribution is -2.48. The normalized spacial score (nSPS) is 13.6. The molecule has 1 aromatic heterocycles. The Balaban J connectivity index is 1.12. The minimum absolute atomic E-state index is 0.0833. The molecule has 5 rings (SSSR count). The van der Waals surface area contributed by atoms with Crippen molar-refractivity contribution in [1.29, 1.82) is 0 Å². The van der Waals surface area contributed by atoms with Gasteiger partial charge in [0.05, 0.1) is 0 Å². The molecule has 1 N–H and O–H groups in total. The Morgan fingerprint density at radius 2 is 1.62 bits per heavy atom.